The van der Waals surface area contributed by atoms with Crippen LogP contribution in [0, 0.1) is 13.8 Å². The number of carbonyl (C=O) groups is 1. The van der Waals surface area contributed by atoms with Crippen molar-refractivity contribution in [2.45, 2.75) is 46.2 Å². The van der Waals surface area contributed by atoms with Crippen LogP contribution in [-0.2, 0) is 24.9 Å². The van der Waals surface area contributed by atoms with Gasteiger partial charge in [-0.1, -0.05) is 0 Å². The molecule has 1 N–H and O–H groups in total. The zero-order chi connectivity index (χ0) is 16.6. The summed E-state index contributed by atoms with van der Waals surface area (Å²) in [6.07, 6.45) is 0.969. The summed E-state index contributed by atoms with van der Waals surface area (Å²) < 4.78 is 9.20. The lowest BCUT2D eigenvalue weighted by Gasteiger charge is -2.13. The summed E-state index contributed by atoms with van der Waals surface area (Å²) in [7, 11) is 1.89. The molecule has 1 unspecified atom stereocenters. The lowest BCUT2D eigenvalue weighted by Crippen LogP contribution is -2.28. The Bertz CT molecular complexity index is 708. The Kier molecular flexibility index (Phi) is 4.11. The lowest BCUT2D eigenvalue weighted by atomic mass is 9.98. The predicted octanol–water partition coefficient (Wildman–Crippen LogP) is 1.44. The van der Waals surface area contributed by atoms with E-state index in [1.54, 1.807) is 0 Å². The molecule has 3 heterocycles. The second-order valence-corrected chi connectivity index (χ2v) is 6.05. The van der Waals surface area contributed by atoms with Gasteiger partial charge in [-0.2, -0.15) is 10.2 Å². The monoisotopic (exact) mass is 317 g/mol. The average Bonchev–Trinajstić information content (AvgIpc) is 3.05. The number of hydrogen-bond donors (Lipinski definition) is 1. The molecule has 23 heavy (non-hydrogen) atoms. The zero-order valence-corrected chi connectivity index (χ0v) is 14.1. The van der Waals surface area contributed by atoms with Gasteiger partial charge in [0.25, 0.3) is 0 Å². The highest BCUT2D eigenvalue weighted by molar-refractivity contribution is 5.83. The summed E-state index contributed by atoms with van der Waals surface area (Å²) in [5.74, 6) is 0.528. The van der Waals surface area contributed by atoms with E-state index in [9.17, 15) is 4.79 Å². The van der Waals surface area contributed by atoms with Gasteiger partial charge in [0.15, 0.2) is 0 Å². The molecule has 7 nitrogen and oxygen atoms in total. The maximum Gasteiger partial charge on any atom is 0.227 e. The van der Waals surface area contributed by atoms with Crippen LogP contribution < -0.4 is 10.1 Å². The topological polar surface area (TPSA) is 74.0 Å². The van der Waals surface area contributed by atoms with Gasteiger partial charge in [0.1, 0.15) is 0 Å². The molecule has 2 aromatic rings. The Morgan fingerprint density at radius 1 is 1.43 bits per heavy atom. The average molecular weight is 317 g/mol. The maximum atomic E-state index is 12.5. The summed E-state index contributed by atoms with van der Waals surface area (Å²) in [4.78, 5) is 12.5. The van der Waals surface area contributed by atoms with Crippen LogP contribution in [-0.4, -0.2) is 32.1 Å². The standard InChI is InChI=1S/C16H23N5O2/c1-10(15-11(2)18-20(4)12(15)3)16(22)17-9-13-8-14-21(19-13)6-5-7-23-14/h8,10H,5-7,9H2,1-4H3,(H,17,22). The van der Waals surface area contributed by atoms with Gasteiger partial charge in [0.05, 0.1) is 30.5 Å². The van der Waals surface area contributed by atoms with Gasteiger partial charge >= 0.3 is 0 Å². The van der Waals surface area contributed by atoms with E-state index in [1.165, 1.54) is 0 Å². The summed E-state index contributed by atoms with van der Waals surface area (Å²) in [6, 6.07) is 1.89. The van der Waals surface area contributed by atoms with Crippen LogP contribution in [0.4, 0.5) is 0 Å². The third-order valence-corrected chi connectivity index (χ3v) is 4.39. The molecular formula is C16H23N5O2. The maximum absolute atomic E-state index is 12.5. The molecule has 1 aliphatic heterocycles. The fourth-order valence-corrected chi connectivity index (χ4v) is 3.08. The van der Waals surface area contributed by atoms with Gasteiger partial charge in [-0.05, 0) is 20.8 Å². The molecule has 1 amide bonds. The molecular weight excluding hydrogens is 294 g/mol. The molecule has 1 atom stereocenters. The van der Waals surface area contributed by atoms with Gasteiger partial charge in [-0.15, -0.1) is 0 Å². The largest absolute Gasteiger partial charge is 0.478 e. The number of ether oxygens (including phenoxy) is 1. The molecule has 0 aliphatic carbocycles. The van der Waals surface area contributed by atoms with Crippen LogP contribution in [0.25, 0.3) is 0 Å². The van der Waals surface area contributed by atoms with Gasteiger partial charge in [-0.25, -0.2) is 4.68 Å². The molecule has 0 saturated heterocycles. The highest BCUT2D eigenvalue weighted by Gasteiger charge is 2.23. The second-order valence-electron chi connectivity index (χ2n) is 6.05. The second kappa shape index (κ2) is 6.06. The van der Waals surface area contributed by atoms with Crippen LogP contribution in [0.1, 0.15) is 41.9 Å². The van der Waals surface area contributed by atoms with E-state index in [0.717, 1.165) is 48.1 Å². The minimum absolute atomic E-state index is 0.0175. The molecule has 0 spiro atoms. The summed E-state index contributed by atoms with van der Waals surface area (Å²) in [6.45, 7) is 7.84. The van der Waals surface area contributed by atoms with Crippen LogP contribution in [0.3, 0.4) is 0 Å². The Morgan fingerprint density at radius 3 is 2.87 bits per heavy atom. The Labute approximate surface area is 135 Å². The Balaban J connectivity index is 1.66. The number of rotatable bonds is 4. The van der Waals surface area contributed by atoms with Crippen LogP contribution in [0.15, 0.2) is 6.07 Å². The van der Waals surface area contributed by atoms with Crippen molar-refractivity contribution in [1.29, 1.82) is 0 Å². The van der Waals surface area contributed by atoms with E-state index in [4.69, 9.17) is 4.74 Å². The van der Waals surface area contributed by atoms with Crippen LogP contribution >= 0.6 is 0 Å². The van der Waals surface area contributed by atoms with E-state index >= 15 is 0 Å². The number of fused-ring (bicyclic) bond motifs is 1. The molecule has 7 heteroatoms. The van der Waals surface area contributed by atoms with Gasteiger partial charge in [0.2, 0.25) is 11.8 Å². The molecule has 2 aromatic heterocycles. The molecule has 0 aromatic carbocycles. The number of aromatic nitrogens is 4. The Morgan fingerprint density at radius 2 is 2.22 bits per heavy atom. The number of hydrogen-bond acceptors (Lipinski definition) is 4. The normalized spacial score (nSPS) is 15.0. The molecule has 0 radical (unpaired) electrons. The van der Waals surface area contributed by atoms with E-state index in [1.807, 2.05) is 43.2 Å². The first kappa shape index (κ1) is 15.6. The predicted molar refractivity (Wildman–Crippen MR) is 85.3 cm³/mol. The number of nitrogens with zero attached hydrogens (tertiary/aromatic N) is 4. The van der Waals surface area contributed by atoms with E-state index in [-0.39, 0.29) is 11.8 Å². The van der Waals surface area contributed by atoms with E-state index in [2.05, 4.69) is 15.5 Å². The highest BCUT2D eigenvalue weighted by atomic mass is 16.5. The third kappa shape index (κ3) is 2.95. The lowest BCUT2D eigenvalue weighted by molar-refractivity contribution is -0.122. The zero-order valence-electron chi connectivity index (χ0n) is 14.1. The van der Waals surface area contributed by atoms with Crippen molar-refractivity contribution in [1.82, 2.24) is 24.9 Å². The van der Waals surface area contributed by atoms with Crippen molar-refractivity contribution in [3.05, 3.63) is 28.7 Å². The molecule has 0 saturated carbocycles. The van der Waals surface area contributed by atoms with Crippen molar-refractivity contribution >= 4 is 5.91 Å². The first-order chi connectivity index (χ1) is 11.0. The first-order valence-corrected chi connectivity index (χ1v) is 7.94. The van der Waals surface area contributed by atoms with Gasteiger partial charge in [0, 0.05) is 37.3 Å². The van der Waals surface area contributed by atoms with E-state index < -0.39 is 0 Å². The minimum atomic E-state index is -0.239. The number of nitrogens with one attached hydrogen (secondary N) is 1. The molecule has 1 aliphatic rings. The molecule has 3 rings (SSSR count). The van der Waals surface area contributed by atoms with Crippen molar-refractivity contribution in [3.8, 4) is 5.88 Å². The van der Waals surface area contributed by atoms with Crippen molar-refractivity contribution in [2.24, 2.45) is 7.05 Å². The quantitative estimate of drug-likeness (QED) is 0.926. The molecule has 124 valence electrons. The molecule has 0 fully saturated rings. The van der Waals surface area contributed by atoms with Gasteiger partial charge < -0.3 is 10.1 Å². The third-order valence-electron chi connectivity index (χ3n) is 4.39. The van der Waals surface area contributed by atoms with Crippen molar-refractivity contribution in [3.63, 3.8) is 0 Å². The van der Waals surface area contributed by atoms with Crippen LogP contribution in [0.5, 0.6) is 5.88 Å². The van der Waals surface area contributed by atoms with E-state index in [0.29, 0.717) is 6.54 Å². The number of aryl methyl sites for hydroxylation is 3. The minimum Gasteiger partial charge on any atom is -0.478 e. The van der Waals surface area contributed by atoms with Crippen LogP contribution in [0.2, 0.25) is 0 Å². The smallest absolute Gasteiger partial charge is 0.227 e. The number of carbonyl (C=O) groups excluding carboxylic acids is 1. The summed E-state index contributed by atoms with van der Waals surface area (Å²) in [5.41, 5.74) is 3.74. The summed E-state index contributed by atoms with van der Waals surface area (Å²) in [5, 5.41) is 11.8. The highest BCUT2D eigenvalue weighted by Crippen LogP contribution is 2.23. The Hall–Kier alpha value is -2.31. The molecule has 0 bridgehead atoms. The fourth-order valence-electron chi connectivity index (χ4n) is 3.08. The first-order valence-electron chi connectivity index (χ1n) is 7.94. The van der Waals surface area contributed by atoms with Crippen molar-refractivity contribution in [2.75, 3.05) is 6.61 Å². The van der Waals surface area contributed by atoms with Crippen molar-refractivity contribution < 1.29 is 9.53 Å². The number of amides is 1. The summed E-state index contributed by atoms with van der Waals surface area (Å²) >= 11 is 0. The van der Waals surface area contributed by atoms with Gasteiger partial charge in [-0.3, -0.25) is 9.48 Å². The fraction of sp³-hybridized carbons (Fsp3) is 0.562. The SMILES string of the molecule is Cc1nn(C)c(C)c1C(C)C(=O)NCc1cc2n(n1)CCCO2.